The molecular weight excluding hydrogens is 302 g/mol. The van der Waals surface area contributed by atoms with E-state index in [1.54, 1.807) is 7.05 Å². The first kappa shape index (κ1) is 14.6. The Labute approximate surface area is 113 Å². The minimum absolute atomic E-state index is 0.0845. The lowest BCUT2D eigenvalue weighted by Crippen LogP contribution is -2.25. The van der Waals surface area contributed by atoms with Crippen molar-refractivity contribution in [1.82, 2.24) is 9.88 Å². The molecule has 0 aliphatic rings. The Bertz CT molecular complexity index is 551. The number of hydrogen-bond acceptors (Lipinski definition) is 4. The molecule has 0 saturated carbocycles. The number of halogens is 1. The first-order valence-electron chi connectivity index (χ1n) is 5.23. The molecule has 7 heteroatoms. The average Bonchev–Trinajstić information content (AvgIpc) is 2.30. The highest BCUT2D eigenvalue weighted by atomic mass is 79.9. The van der Waals surface area contributed by atoms with Gasteiger partial charge in [0.2, 0.25) is 0 Å². The maximum absolute atomic E-state index is 11.9. The zero-order valence-electron chi connectivity index (χ0n) is 10.2. The molecule has 0 aliphatic carbocycles. The molecule has 0 amide bonds. The van der Waals surface area contributed by atoms with E-state index in [2.05, 4.69) is 27.8 Å². The van der Waals surface area contributed by atoms with Crippen LogP contribution in [0.3, 0.4) is 0 Å². The molecule has 6 nitrogen and oxygen atoms in total. The van der Waals surface area contributed by atoms with Crippen molar-refractivity contribution in [2.75, 3.05) is 13.6 Å². The first-order chi connectivity index (χ1) is 8.38. The predicted molar refractivity (Wildman–Crippen MR) is 72.9 cm³/mol. The van der Waals surface area contributed by atoms with Crippen molar-refractivity contribution in [1.29, 1.82) is 0 Å². The SMILES string of the molecule is C=C(CNC)Cn1cc([N+](=O)[O-])c(C)c(Br)c1=O. The van der Waals surface area contributed by atoms with Crippen molar-refractivity contribution in [2.45, 2.75) is 13.5 Å². The van der Waals surface area contributed by atoms with Crippen LogP contribution in [-0.4, -0.2) is 23.1 Å². The Kier molecular flexibility index (Phi) is 4.80. The van der Waals surface area contributed by atoms with Crippen LogP contribution in [0.15, 0.2) is 27.6 Å². The standard InChI is InChI=1S/C11H14BrN3O3/c1-7(4-13-3)5-14-6-9(15(17)18)8(2)10(12)11(14)16/h6,13H,1,4-5H2,2-3H3. The van der Waals surface area contributed by atoms with Crippen LogP contribution in [-0.2, 0) is 6.54 Å². The zero-order valence-corrected chi connectivity index (χ0v) is 11.8. The van der Waals surface area contributed by atoms with Crippen LogP contribution in [0.25, 0.3) is 0 Å². The van der Waals surface area contributed by atoms with Crippen molar-refractivity contribution in [3.8, 4) is 0 Å². The summed E-state index contributed by atoms with van der Waals surface area (Å²) in [4.78, 5) is 22.3. The molecule has 0 unspecified atom stereocenters. The van der Waals surface area contributed by atoms with Gasteiger partial charge in [-0.25, -0.2) is 0 Å². The summed E-state index contributed by atoms with van der Waals surface area (Å²) in [6.07, 6.45) is 1.25. The maximum atomic E-state index is 11.9. The van der Waals surface area contributed by atoms with Crippen molar-refractivity contribution >= 4 is 21.6 Å². The van der Waals surface area contributed by atoms with Crippen LogP contribution in [0, 0.1) is 17.0 Å². The van der Waals surface area contributed by atoms with E-state index in [-0.39, 0.29) is 22.3 Å². The van der Waals surface area contributed by atoms with Crippen molar-refractivity contribution in [2.24, 2.45) is 0 Å². The van der Waals surface area contributed by atoms with E-state index in [4.69, 9.17) is 0 Å². The van der Waals surface area contributed by atoms with Crippen molar-refractivity contribution in [3.05, 3.63) is 48.9 Å². The summed E-state index contributed by atoms with van der Waals surface area (Å²) in [5.41, 5.74) is 0.721. The van der Waals surface area contributed by atoms with Crippen LogP contribution in [0.1, 0.15) is 5.56 Å². The molecule has 1 N–H and O–H groups in total. The summed E-state index contributed by atoms with van der Waals surface area (Å²) in [5.74, 6) is 0. The number of rotatable bonds is 5. The van der Waals surface area contributed by atoms with Gasteiger partial charge in [-0.1, -0.05) is 6.58 Å². The minimum Gasteiger partial charge on any atom is -0.316 e. The fourth-order valence-corrected chi connectivity index (χ4v) is 1.98. The summed E-state index contributed by atoms with van der Waals surface area (Å²) < 4.78 is 1.50. The Morgan fingerprint density at radius 2 is 2.28 bits per heavy atom. The molecule has 1 aromatic heterocycles. The van der Waals surface area contributed by atoms with Crippen LogP contribution in [0.2, 0.25) is 0 Å². The van der Waals surface area contributed by atoms with E-state index in [9.17, 15) is 14.9 Å². The number of nitrogens with one attached hydrogen (secondary N) is 1. The van der Waals surface area contributed by atoms with Crippen LogP contribution in [0.5, 0.6) is 0 Å². The van der Waals surface area contributed by atoms with Gasteiger partial charge < -0.3 is 9.88 Å². The normalized spacial score (nSPS) is 10.4. The largest absolute Gasteiger partial charge is 0.316 e. The molecule has 0 atom stereocenters. The van der Waals surface area contributed by atoms with Gasteiger partial charge in [0.15, 0.2) is 0 Å². The van der Waals surface area contributed by atoms with Gasteiger partial charge in [-0.2, -0.15) is 0 Å². The Balaban J connectivity index is 3.25. The molecule has 0 saturated heterocycles. The Morgan fingerprint density at radius 1 is 1.67 bits per heavy atom. The predicted octanol–water partition coefficient (Wildman–Crippen LogP) is 1.60. The summed E-state index contributed by atoms with van der Waals surface area (Å²) in [6.45, 7) is 6.13. The van der Waals surface area contributed by atoms with Gasteiger partial charge in [0.1, 0.15) is 0 Å². The lowest BCUT2D eigenvalue weighted by molar-refractivity contribution is -0.386. The molecular formula is C11H14BrN3O3. The van der Waals surface area contributed by atoms with Gasteiger partial charge in [-0.3, -0.25) is 14.9 Å². The monoisotopic (exact) mass is 315 g/mol. The summed E-state index contributed by atoms with van der Waals surface area (Å²) >= 11 is 3.09. The quantitative estimate of drug-likeness (QED) is 0.508. The van der Waals surface area contributed by atoms with Gasteiger partial charge in [-0.05, 0) is 35.5 Å². The molecule has 0 fully saturated rings. The molecule has 1 heterocycles. The molecule has 0 aliphatic heterocycles. The van der Waals surface area contributed by atoms with Gasteiger partial charge in [0.05, 0.1) is 15.6 Å². The Morgan fingerprint density at radius 3 is 2.78 bits per heavy atom. The summed E-state index contributed by atoms with van der Waals surface area (Å²) in [6, 6.07) is 0. The van der Waals surface area contributed by atoms with Crippen LogP contribution in [0.4, 0.5) is 5.69 Å². The van der Waals surface area contributed by atoms with Crippen molar-refractivity contribution < 1.29 is 4.92 Å². The number of nitrogens with zero attached hydrogens (tertiary/aromatic N) is 2. The average molecular weight is 316 g/mol. The van der Waals surface area contributed by atoms with E-state index in [1.165, 1.54) is 17.7 Å². The van der Waals surface area contributed by atoms with E-state index < -0.39 is 4.92 Å². The topological polar surface area (TPSA) is 77.2 Å². The Hall–Kier alpha value is -1.47. The fourth-order valence-electron chi connectivity index (χ4n) is 1.55. The number of nitro groups is 1. The molecule has 98 valence electrons. The van der Waals surface area contributed by atoms with Gasteiger partial charge in [-0.15, -0.1) is 0 Å². The molecule has 0 spiro atoms. The molecule has 18 heavy (non-hydrogen) atoms. The maximum Gasteiger partial charge on any atom is 0.289 e. The van der Waals surface area contributed by atoms with Gasteiger partial charge >= 0.3 is 0 Å². The second kappa shape index (κ2) is 5.92. The molecule has 1 aromatic rings. The second-order valence-corrected chi connectivity index (χ2v) is 4.72. The highest BCUT2D eigenvalue weighted by Gasteiger charge is 2.18. The van der Waals surface area contributed by atoms with Crippen LogP contribution < -0.4 is 10.9 Å². The molecule has 0 aromatic carbocycles. The first-order valence-corrected chi connectivity index (χ1v) is 6.03. The van der Waals surface area contributed by atoms with Gasteiger partial charge in [0, 0.05) is 18.7 Å². The minimum atomic E-state index is -0.503. The zero-order chi connectivity index (χ0) is 13.9. The smallest absolute Gasteiger partial charge is 0.289 e. The molecule has 1 rings (SSSR count). The van der Waals surface area contributed by atoms with E-state index in [0.717, 1.165) is 5.57 Å². The number of hydrogen-bond donors (Lipinski definition) is 1. The number of aromatic nitrogens is 1. The highest BCUT2D eigenvalue weighted by Crippen LogP contribution is 2.22. The van der Waals surface area contributed by atoms with E-state index in [0.29, 0.717) is 12.1 Å². The third kappa shape index (κ3) is 3.05. The lowest BCUT2D eigenvalue weighted by Gasteiger charge is -2.10. The fraction of sp³-hybridized carbons (Fsp3) is 0.364. The van der Waals surface area contributed by atoms with Gasteiger partial charge in [0.25, 0.3) is 11.2 Å². The lowest BCUT2D eigenvalue weighted by atomic mass is 10.2. The third-order valence-electron chi connectivity index (χ3n) is 2.46. The summed E-state index contributed by atoms with van der Waals surface area (Å²) in [7, 11) is 1.77. The number of pyridine rings is 1. The molecule has 0 bridgehead atoms. The van der Waals surface area contributed by atoms with Crippen LogP contribution >= 0.6 is 15.9 Å². The van der Waals surface area contributed by atoms with E-state index >= 15 is 0 Å². The number of likely N-dealkylation sites (N-methyl/N-ethyl adjacent to an activating group) is 1. The summed E-state index contributed by atoms with van der Waals surface area (Å²) in [5, 5.41) is 13.8. The third-order valence-corrected chi connectivity index (χ3v) is 3.39. The van der Waals surface area contributed by atoms with E-state index in [1.807, 2.05) is 0 Å². The highest BCUT2D eigenvalue weighted by molar-refractivity contribution is 9.10. The second-order valence-electron chi connectivity index (χ2n) is 3.92. The molecule has 0 radical (unpaired) electrons. The van der Waals surface area contributed by atoms with Crippen molar-refractivity contribution in [3.63, 3.8) is 0 Å².